The summed E-state index contributed by atoms with van der Waals surface area (Å²) in [7, 11) is 3.62. The summed E-state index contributed by atoms with van der Waals surface area (Å²) in [5.41, 5.74) is 1.11. The first-order valence-electron chi connectivity index (χ1n) is 7.84. The van der Waals surface area contributed by atoms with Gasteiger partial charge in [-0.1, -0.05) is 6.07 Å². The molecule has 0 radical (unpaired) electrons. The highest BCUT2D eigenvalue weighted by atomic mass is 16.5. The number of fused-ring (bicyclic) bond motifs is 1. The lowest BCUT2D eigenvalue weighted by Gasteiger charge is -2.38. The molecule has 2 aliphatic rings. The lowest BCUT2D eigenvalue weighted by Crippen LogP contribution is -2.54. The molecule has 3 rings (SSSR count). The highest BCUT2D eigenvalue weighted by molar-refractivity contribution is 5.74. The first-order chi connectivity index (χ1) is 10.6. The summed E-state index contributed by atoms with van der Waals surface area (Å²) in [6.07, 6.45) is 4.87. The minimum Gasteiger partial charge on any atom is -0.372 e. The fourth-order valence-corrected chi connectivity index (χ4v) is 3.27. The molecular formula is C16H24N4O2. The molecule has 0 bridgehead atoms. The Kier molecular flexibility index (Phi) is 4.59. The number of pyridine rings is 1. The molecule has 2 saturated heterocycles. The predicted octanol–water partition coefficient (Wildman–Crippen LogP) is 1.04. The fraction of sp³-hybridized carbons (Fsp3) is 0.625. The van der Waals surface area contributed by atoms with Gasteiger partial charge >= 0.3 is 6.03 Å². The molecule has 0 aliphatic carbocycles. The Morgan fingerprint density at radius 3 is 3.00 bits per heavy atom. The molecule has 22 heavy (non-hydrogen) atoms. The van der Waals surface area contributed by atoms with Crippen LogP contribution >= 0.6 is 0 Å². The summed E-state index contributed by atoms with van der Waals surface area (Å²) in [4.78, 5) is 22.2. The molecule has 6 nitrogen and oxygen atoms in total. The van der Waals surface area contributed by atoms with Crippen molar-refractivity contribution in [3.05, 3.63) is 30.1 Å². The van der Waals surface area contributed by atoms with Gasteiger partial charge in [-0.15, -0.1) is 0 Å². The van der Waals surface area contributed by atoms with E-state index in [1.807, 2.05) is 37.3 Å². The van der Waals surface area contributed by atoms with Gasteiger partial charge in [0, 0.05) is 58.7 Å². The average Bonchev–Trinajstić information content (AvgIpc) is 2.95. The smallest absolute Gasteiger partial charge is 0.319 e. The Balaban J connectivity index is 1.50. The van der Waals surface area contributed by atoms with Gasteiger partial charge in [-0.3, -0.25) is 9.88 Å². The van der Waals surface area contributed by atoms with Gasteiger partial charge < -0.3 is 14.5 Å². The predicted molar refractivity (Wildman–Crippen MR) is 83.4 cm³/mol. The van der Waals surface area contributed by atoms with Crippen molar-refractivity contribution in [1.82, 2.24) is 19.7 Å². The molecular weight excluding hydrogens is 280 g/mol. The van der Waals surface area contributed by atoms with Crippen LogP contribution in [0.15, 0.2) is 24.5 Å². The van der Waals surface area contributed by atoms with Crippen molar-refractivity contribution in [3.8, 4) is 0 Å². The maximum Gasteiger partial charge on any atom is 0.319 e. The molecule has 0 unspecified atom stereocenters. The van der Waals surface area contributed by atoms with Crippen molar-refractivity contribution in [2.24, 2.45) is 0 Å². The van der Waals surface area contributed by atoms with E-state index in [4.69, 9.17) is 4.74 Å². The monoisotopic (exact) mass is 304 g/mol. The zero-order chi connectivity index (χ0) is 15.5. The van der Waals surface area contributed by atoms with Gasteiger partial charge in [0.2, 0.25) is 0 Å². The molecule has 1 aromatic rings. The number of hydrogen-bond acceptors (Lipinski definition) is 4. The number of urea groups is 1. The van der Waals surface area contributed by atoms with Crippen LogP contribution in [0.4, 0.5) is 4.79 Å². The van der Waals surface area contributed by atoms with E-state index in [0.29, 0.717) is 12.6 Å². The molecule has 0 saturated carbocycles. The maximum atomic E-state index is 12.1. The number of hydrogen-bond donors (Lipinski definition) is 0. The molecule has 0 N–H and O–H groups in total. The van der Waals surface area contributed by atoms with E-state index in [1.54, 1.807) is 11.1 Å². The minimum absolute atomic E-state index is 0.111. The van der Waals surface area contributed by atoms with Crippen LogP contribution in [-0.2, 0) is 11.3 Å². The van der Waals surface area contributed by atoms with Gasteiger partial charge in [-0.05, 0) is 18.1 Å². The van der Waals surface area contributed by atoms with E-state index in [2.05, 4.69) is 9.88 Å². The molecule has 2 fully saturated rings. The minimum atomic E-state index is 0.111. The van der Waals surface area contributed by atoms with Crippen LogP contribution in [0.3, 0.4) is 0 Å². The molecule has 2 atom stereocenters. The summed E-state index contributed by atoms with van der Waals surface area (Å²) < 4.78 is 6.03. The average molecular weight is 304 g/mol. The number of amides is 2. The number of ether oxygens (including phenoxy) is 1. The zero-order valence-corrected chi connectivity index (χ0v) is 13.3. The summed E-state index contributed by atoms with van der Waals surface area (Å²) >= 11 is 0. The summed E-state index contributed by atoms with van der Waals surface area (Å²) in [5.74, 6) is 0. The number of nitrogens with zero attached hydrogens (tertiary/aromatic N) is 4. The van der Waals surface area contributed by atoms with Crippen molar-refractivity contribution < 1.29 is 9.53 Å². The van der Waals surface area contributed by atoms with E-state index in [-0.39, 0.29) is 12.1 Å². The van der Waals surface area contributed by atoms with Crippen LogP contribution in [0.2, 0.25) is 0 Å². The van der Waals surface area contributed by atoms with Crippen molar-refractivity contribution in [3.63, 3.8) is 0 Å². The van der Waals surface area contributed by atoms with Crippen molar-refractivity contribution >= 4 is 6.03 Å². The fourth-order valence-electron chi connectivity index (χ4n) is 3.27. The molecule has 1 aromatic heterocycles. The van der Waals surface area contributed by atoms with E-state index in [1.165, 1.54) is 0 Å². The third kappa shape index (κ3) is 3.39. The molecule has 2 amide bonds. The number of aromatic nitrogens is 1. The van der Waals surface area contributed by atoms with Crippen LogP contribution in [0, 0.1) is 0 Å². The van der Waals surface area contributed by atoms with Crippen LogP contribution in [0.1, 0.15) is 12.0 Å². The third-order valence-electron chi connectivity index (χ3n) is 4.44. The first-order valence-corrected chi connectivity index (χ1v) is 7.84. The quantitative estimate of drug-likeness (QED) is 0.837. The van der Waals surface area contributed by atoms with Crippen LogP contribution in [0.25, 0.3) is 0 Å². The van der Waals surface area contributed by atoms with Gasteiger partial charge in [0.25, 0.3) is 0 Å². The van der Waals surface area contributed by atoms with E-state index in [0.717, 1.165) is 38.2 Å². The Labute approximate surface area is 131 Å². The largest absolute Gasteiger partial charge is 0.372 e. The van der Waals surface area contributed by atoms with Gasteiger partial charge in [-0.2, -0.15) is 0 Å². The second kappa shape index (κ2) is 6.62. The van der Waals surface area contributed by atoms with Crippen molar-refractivity contribution in [1.29, 1.82) is 0 Å². The Morgan fingerprint density at radius 2 is 2.27 bits per heavy atom. The Bertz CT molecular complexity index is 508. The zero-order valence-electron chi connectivity index (χ0n) is 13.3. The van der Waals surface area contributed by atoms with Gasteiger partial charge in [0.1, 0.15) is 0 Å². The lowest BCUT2D eigenvalue weighted by atomic mass is 10.1. The Morgan fingerprint density at radius 1 is 1.41 bits per heavy atom. The molecule has 0 aromatic carbocycles. The summed E-state index contributed by atoms with van der Waals surface area (Å²) in [6.45, 7) is 4.14. The van der Waals surface area contributed by atoms with Gasteiger partial charge in [0.15, 0.2) is 0 Å². The molecule has 2 aliphatic heterocycles. The number of piperazine rings is 1. The van der Waals surface area contributed by atoms with Gasteiger partial charge in [-0.25, -0.2) is 4.79 Å². The standard InChI is InChI=1S/C16H24N4O2/c1-18(2)16(21)20-7-6-19-11-15(8-14(19)10-20)22-12-13-4-3-5-17-9-13/h3-5,9,14-15H,6-8,10-12H2,1-2H3/t14-,15+/m0/s1. The summed E-state index contributed by atoms with van der Waals surface area (Å²) in [6, 6.07) is 4.50. The third-order valence-corrected chi connectivity index (χ3v) is 4.44. The van der Waals surface area contributed by atoms with Crippen molar-refractivity contribution in [2.45, 2.75) is 25.2 Å². The second-order valence-corrected chi connectivity index (χ2v) is 6.30. The van der Waals surface area contributed by atoms with E-state index in [9.17, 15) is 4.79 Å². The van der Waals surface area contributed by atoms with E-state index < -0.39 is 0 Å². The highest BCUT2D eigenvalue weighted by Gasteiger charge is 2.38. The number of carbonyl (C=O) groups is 1. The normalized spacial score (nSPS) is 25.1. The van der Waals surface area contributed by atoms with Gasteiger partial charge in [0.05, 0.1) is 12.7 Å². The van der Waals surface area contributed by atoms with Crippen LogP contribution in [-0.4, -0.2) is 78.1 Å². The van der Waals surface area contributed by atoms with Crippen molar-refractivity contribution in [2.75, 3.05) is 40.3 Å². The second-order valence-electron chi connectivity index (χ2n) is 6.30. The lowest BCUT2D eigenvalue weighted by molar-refractivity contribution is 0.0461. The molecule has 6 heteroatoms. The number of rotatable bonds is 3. The van der Waals surface area contributed by atoms with E-state index >= 15 is 0 Å². The first kappa shape index (κ1) is 15.2. The van der Waals surface area contributed by atoms with Crippen LogP contribution < -0.4 is 0 Å². The Hall–Kier alpha value is -1.66. The highest BCUT2D eigenvalue weighted by Crippen LogP contribution is 2.25. The molecule has 0 spiro atoms. The topological polar surface area (TPSA) is 48.9 Å². The summed E-state index contributed by atoms with van der Waals surface area (Å²) in [5, 5.41) is 0. The number of carbonyl (C=O) groups excluding carboxylic acids is 1. The maximum absolute atomic E-state index is 12.1. The molecule has 120 valence electrons. The van der Waals surface area contributed by atoms with Crippen LogP contribution in [0.5, 0.6) is 0 Å². The molecule has 3 heterocycles. The SMILES string of the molecule is CN(C)C(=O)N1CCN2C[C@H](OCc3cccnc3)C[C@H]2C1.